The first-order chi connectivity index (χ1) is 13.8. The normalized spacial score (nSPS) is 11.1. The van der Waals surface area contributed by atoms with Gasteiger partial charge in [-0.2, -0.15) is 0 Å². The van der Waals surface area contributed by atoms with Crippen molar-refractivity contribution in [2.45, 2.75) is 12.8 Å². The molecule has 3 rings (SSSR count). The Morgan fingerprint density at radius 1 is 0.893 bits per heavy atom. The van der Waals surface area contributed by atoms with Crippen LogP contribution in [0.5, 0.6) is 5.75 Å². The maximum absolute atomic E-state index is 5.65. The van der Waals surface area contributed by atoms with Gasteiger partial charge in [-0.1, -0.05) is 53.7 Å². The van der Waals surface area contributed by atoms with Gasteiger partial charge in [0.2, 0.25) is 0 Å². The van der Waals surface area contributed by atoms with Gasteiger partial charge < -0.3 is 18.9 Å². The fourth-order valence-electron chi connectivity index (χ4n) is 2.87. The minimum absolute atomic E-state index is 0.572. The second-order valence-electron chi connectivity index (χ2n) is 6.73. The number of hydrogen-bond acceptors (Lipinski definition) is 5. The lowest BCUT2D eigenvalue weighted by atomic mass is 10.1. The molecule has 0 N–H and O–H groups in total. The van der Waals surface area contributed by atoms with E-state index in [4.69, 9.17) is 14.0 Å². The third kappa shape index (κ3) is 6.83. The van der Waals surface area contributed by atoms with Crippen LogP contribution in [0.4, 0.5) is 0 Å². The molecule has 0 radical (unpaired) electrons. The lowest BCUT2D eigenvalue weighted by Gasteiger charge is -2.16. The van der Waals surface area contributed by atoms with Crippen molar-refractivity contribution in [3.05, 3.63) is 72.5 Å². The van der Waals surface area contributed by atoms with E-state index in [9.17, 15) is 0 Å². The summed E-state index contributed by atoms with van der Waals surface area (Å²) in [6.45, 7) is 3.77. The maximum atomic E-state index is 5.65. The first-order valence-electron chi connectivity index (χ1n) is 9.76. The highest BCUT2D eigenvalue weighted by Crippen LogP contribution is 2.19. The van der Waals surface area contributed by atoms with Crippen molar-refractivity contribution in [1.82, 2.24) is 10.1 Å². The van der Waals surface area contributed by atoms with Gasteiger partial charge in [0.25, 0.3) is 0 Å². The molecule has 3 aromatic rings. The van der Waals surface area contributed by atoms with Crippen LogP contribution in [0.1, 0.15) is 12.2 Å². The lowest BCUT2D eigenvalue weighted by molar-refractivity contribution is 0.0846. The van der Waals surface area contributed by atoms with Gasteiger partial charge >= 0.3 is 0 Å². The summed E-state index contributed by atoms with van der Waals surface area (Å²) in [6, 6.07) is 21.9. The zero-order valence-corrected chi connectivity index (χ0v) is 16.4. The summed E-state index contributed by atoms with van der Waals surface area (Å²) < 4.78 is 16.7. The quantitative estimate of drug-likeness (QED) is 0.439. The smallest absolute Gasteiger partial charge is 0.137 e. The van der Waals surface area contributed by atoms with Gasteiger partial charge in [-0.15, -0.1) is 0 Å². The zero-order chi connectivity index (χ0) is 19.4. The molecule has 0 amide bonds. The Morgan fingerprint density at radius 3 is 2.43 bits per heavy atom. The average Bonchev–Trinajstić information content (AvgIpc) is 3.21. The highest BCUT2D eigenvalue weighted by atomic mass is 16.5. The Kier molecular flexibility index (Phi) is 8.09. The Bertz CT molecular complexity index is 790. The summed E-state index contributed by atoms with van der Waals surface area (Å²) >= 11 is 0. The molecular formula is C23H28N2O3. The van der Waals surface area contributed by atoms with E-state index in [0.717, 1.165) is 48.7 Å². The van der Waals surface area contributed by atoms with Gasteiger partial charge in [-0.05, 0) is 32.1 Å². The fourth-order valence-corrected chi connectivity index (χ4v) is 2.87. The van der Waals surface area contributed by atoms with Crippen molar-refractivity contribution < 1.29 is 14.0 Å². The van der Waals surface area contributed by atoms with Crippen LogP contribution in [0.2, 0.25) is 0 Å². The van der Waals surface area contributed by atoms with Gasteiger partial charge in [-0.3, -0.25) is 0 Å². The molecule has 0 bridgehead atoms. The molecule has 1 heterocycles. The van der Waals surface area contributed by atoms with Gasteiger partial charge in [0.05, 0.1) is 13.2 Å². The Balaban J connectivity index is 1.24. The molecule has 0 fully saturated rings. The number of likely N-dealkylation sites (N-methyl/N-ethyl adjacent to an activating group) is 1. The number of nitrogens with zero attached hydrogens (tertiary/aromatic N) is 2. The number of rotatable bonds is 12. The lowest BCUT2D eigenvalue weighted by Crippen LogP contribution is -2.25. The van der Waals surface area contributed by atoms with Crippen LogP contribution in [0.3, 0.4) is 0 Å². The molecule has 148 valence electrons. The molecule has 0 saturated heterocycles. The van der Waals surface area contributed by atoms with Gasteiger partial charge in [0, 0.05) is 24.6 Å². The molecule has 0 spiro atoms. The summed E-state index contributed by atoms with van der Waals surface area (Å²) in [7, 11) is 2.11. The standard InChI is InChI=1S/C23H28N2O3/c1-25(15-16-26-17-18-27-21-11-6-3-7-12-21)14-8-13-22-19-23(24-28-22)20-9-4-2-5-10-20/h2-7,9-12,19H,8,13-18H2,1H3. The molecule has 5 heteroatoms. The molecule has 1 aromatic heterocycles. The number of para-hydroxylation sites is 1. The van der Waals surface area contributed by atoms with Gasteiger partial charge in [0.15, 0.2) is 0 Å². The SMILES string of the molecule is CN(CCCc1cc(-c2ccccc2)no1)CCOCCOc1ccccc1. The van der Waals surface area contributed by atoms with Crippen molar-refractivity contribution in [2.75, 3.05) is 40.0 Å². The second-order valence-corrected chi connectivity index (χ2v) is 6.73. The van der Waals surface area contributed by atoms with Gasteiger partial charge in [-0.25, -0.2) is 0 Å². The van der Waals surface area contributed by atoms with E-state index in [1.807, 2.05) is 66.7 Å². The summed E-state index contributed by atoms with van der Waals surface area (Å²) in [5.41, 5.74) is 1.98. The Labute approximate surface area is 166 Å². The molecule has 0 aliphatic heterocycles. The van der Waals surface area contributed by atoms with Crippen molar-refractivity contribution in [3.8, 4) is 17.0 Å². The fraction of sp³-hybridized carbons (Fsp3) is 0.348. The zero-order valence-electron chi connectivity index (χ0n) is 16.4. The molecule has 0 aliphatic carbocycles. The molecule has 5 nitrogen and oxygen atoms in total. The van der Waals surface area contributed by atoms with Crippen LogP contribution >= 0.6 is 0 Å². The van der Waals surface area contributed by atoms with E-state index in [1.165, 1.54) is 0 Å². The van der Waals surface area contributed by atoms with E-state index in [0.29, 0.717) is 19.8 Å². The topological polar surface area (TPSA) is 47.7 Å². The van der Waals surface area contributed by atoms with Crippen LogP contribution in [0.15, 0.2) is 71.3 Å². The molecular weight excluding hydrogens is 352 g/mol. The molecule has 0 unspecified atom stereocenters. The monoisotopic (exact) mass is 380 g/mol. The predicted octanol–water partition coefficient (Wildman–Crippen LogP) is 4.30. The number of ether oxygens (including phenoxy) is 2. The van der Waals surface area contributed by atoms with Crippen molar-refractivity contribution in [1.29, 1.82) is 0 Å². The predicted molar refractivity (Wildman–Crippen MR) is 111 cm³/mol. The van der Waals surface area contributed by atoms with Crippen LogP contribution in [-0.2, 0) is 11.2 Å². The summed E-state index contributed by atoms with van der Waals surface area (Å²) in [5.74, 6) is 1.81. The summed E-state index contributed by atoms with van der Waals surface area (Å²) in [4.78, 5) is 2.27. The van der Waals surface area contributed by atoms with Crippen LogP contribution in [0.25, 0.3) is 11.3 Å². The van der Waals surface area contributed by atoms with E-state index in [2.05, 4.69) is 17.1 Å². The summed E-state index contributed by atoms with van der Waals surface area (Å²) in [6.07, 6.45) is 1.91. The highest BCUT2D eigenvalue weighted by Gasteiger charge is 2.07. The van der Waals surface area contributed by atoms with E-state index < -0.39 is 0 Å². The maximum Gasteiger partial charge on any atom is 0.137 e. The van der Waals surface area contributed by atoms with E-state index in [1.54, 1.807) is 0 Å². The Morgan fingerprint density at radius 2 is 1.64 bits per heavy atom. The third-order valence-corrected chi connectivity index (χ3v) is 4.45. The van der Waals surface area contributed by atoms with Crippen molar-refractivity contribution in [2.24, 2.45) is 0 Å². The molecule has 0 aliphatic rings. The number of aromatic nitrogens is 1. The number of aryl methyl sites for hydroxylation is 1. The van der Waals surface area contributed by atoms with Crippen LogP contribution < -0.4 is 4.74 Å². The Hall–Kier alpha value is -2.63. The van der Waals surface area contributed by atoms with Crippen LogP contribution in [-0.4, -0.2) is 50.0 Å². The third-order valence-electron chi connectivity index (χ3n) is 4.45. The van der Waals surface area contributed by atoms with Crippen molar-refractivity contribution >= 4 is 0 Å². The molecule has 0 saturated carbocycles. The first-order valence-corrected chi connectivity index (χ1v) is 9.76. The second kappa shape index (κ2) is 11.3. The first kappa shape index (κ1) is 20.1. The largest absolute Gasteiger partial charge is 0.491 e. The number of benzene rings is 2. The molecule has 28 heavy (non-hydrogen) atoms. The van der Waals surface area contributed by atoms with Crippen molar-refractivity contribution in [3.63, 3.8) is 0 Å². The molecule has 2 aromatic carbocycles. The molecule has 0 atom stereocenters. The van der Waals surface area contributed by atoms with Crippen LogP contribution in [0, 0.1) is 0 Å². The van der Waals surface area contributed by atoms with E-state index in [-0.39, 0.29) is 0 Å². The minimum atomic E-state index is 0.572. The minimum Gasteiger partial charge on any atom is -0.491 e. The van der Waals surface area contributed by atoms with Gasteiger partial charge in [0.1, 0.15) is 23.8 Å². The summed E-state index contributed by atoms with van der Waals surface area (Å²) in [5, 5.41) is 4.16. The number of hydrogen-bond donors (Lipinski definition) is 0. The van der Waals surface area contributed by atoms with E-state index >= 15 is 0 Å². The average molecular weight is 380 g/mol. The highest BCUT2D eigenvalue weighted by molar-refractivity contribution is 5.58.